The number of carboxylic acid groups (broad SMARTS) is 1. The van der Waals surface area contributed by atoms with Gasteiger partial charge in [-0.25, -0.2) is 14.8 Å². The van der Waals surface area contributed by atoms with E-state index in [1.165, 1.54) is 31.8 Å². The Hall–Kier alpha value is -1.49. The second kappa shape index (κ2) is 5.23. The van der Waals surface area contributed by atoms with E-state index in [4.69, 9.17) is 5.11 Å². The van der Waals surface area contributed by atoms with E-state index < -0.39 is 5.97 Å². The molecule has 5 nitrogen and oxygen atoms in total. The molecular formula is C12H17N3O2. The second-order valence-corrected chi connectivity index (χ2v) is 4.46. The fraction of sp³-hybridized carbons (Fsp3) is 0.583. The average Bonchev–Trinajstić information content (AvgIpc) is 3.06. The number of aromatic nitrogens is 2. The lowest BCUT2D eigenvalue weighted by atomic mass is 10.2. The van der Waals surface area contributed by atoms with Crippen molar-refractivity contribution in [3.8, 4) is 0 Å². The van der Waals surface area contributed by atoms with Gasteiger partial charge in [0, 0.05) is 18.8 Å². The van der Waals surface area contributed by atoms with Crippen molar-refractivity contribution < 1.29 is 9.90 Å². The summed E-state index contributed by atoms with van der Waals surface area (Å²) in [6.45, 7) is 2.69. The molecule has 5 heteroatoms. The smallest absolute Gasteiger partial charge is 0.339 e. The minimum atomic E-state index is -0.969. The molecule has 2 unspecified atom stereocenters. The maximum Gasteiger partial charge on any atom is 0.339 e. The molecule has 1 aromatic heterocycles. The van der Waals surface area contributed by atoms with Crippen LogP contribution in [0.25, 0.3) is 0 Å². The second-order valence-electron chi connectivity index (χ2n) is 4.46. The number of nitrogens with one attached hydrogen (secondary N) is 1. The molecule has 2 N–H and O–H groups in total. The monoisotopic (exact) mass is 235 g/mol. The number of nitrogens with zero attached hydrogens (tertiary/aromatic N) is 2. The van der Waals surface area contributed by atoms with Crippen molar-refractivity contribution in [2.24, 2.45) is 5.92 Å². The summed E-state index contributed by atoms with van der Waals surface area (Å²) in [7, 11) is 0. The van der Waals surface area contributed by atoms with Crippen LogP contribution in [0.1, 0.15) is 42.2 Å². The predicted octanol–water partition coefficient (Wildman–Crippen LogP) is 1.45. The van der Waals surface area contributed by atoms with Crippen molar-refractivity contribution in [3.63, 3.8) is 0 Å². The molecule has 1 fully saturated rings. The first-order valence-electron chi connectivity index (χ1n) is 5.98. The maximum absolute atomic E-state index is 10.9. The van der Waals surface area contributed by atoms with Crippen molar-refractivity contribution >= 4 is 5.97 Å². The Morgan fingerprint density at radius 2 is 2.47 bits per heavy atom. The van der Waals surface area contributed by atoms with Gasteiger partial charge in [0.05, 0.1) is 5.69 Å². The normalized spacial score (nSPS) is 22.4. The van der Waals surface area contributed by atoms with Gasteiger partial charge in [-0.1, -0.05) is 13.3 Å². The third kappa shape index (κ3) is 3.00. The lowest BCUT2D eigenvalue weighted by molar-refractivity contribution is 0.0694. The molecule has 0 saturated heterocycles. The summed E-state index contributed by atoms with van der Waals surface area (Å²) >= 11 is 0. The van der Waals surface area contributed by atoms with Crippen LogP contribution in [-0.2, 0) is 6.54 Å². The zero-order chi connectivity index (χ0) is 12.3. The fourth-order valence-corrected chi connectivity index (χ4v) is 2.09. The standard InChI is InChI=1S/C12H17N3O2/c1-2-3-8-4-10(8)14-6-11-9(12(16)17)5-13-7-15-11/h5,7-8,10,14H,2-4,6H2,1H3,(H,16,17). The molecule has 0 bridgehead atoms. The molecule has 1 saturated carbocycles. The van der Waals surface area contributed by atoms with Crippen LogP contribution in [0, 0.1) is 5.92 Å². The van der Waals surface area contributed by atoms with Gasteiger partial charge < -0.3 is 10.4 Å². The zero-order valence-corrected chi connectivity index (χ0v) is 9.89. The van der Waals surface area contributed by atoms with Crippen molar-refractivity contribution in [1.82, 2.24) is 15.3 Å². The van der Waals surface area contributed by atoms with Gasteiger partial charge in [-0.2, -0.15) is 0 Å². The van der Waals surface area contributed by atoms with E-state index in [0.29, 0.717) is 18.3 Å². The molecular weight excluding hydrogens is 218 g/mol. The Balaban J connectivity index is 1.89. The largest absolute Gasteiger partial charge is 0.478 e. The topological polar surface area (TPSA) is 75.1 Å². The van der Waals surface area contributed by atoms with E-state index in [-0.39, 0.29) is 5.56 Å². The quantitative estimate of drug-likeness (QED) is 0.780. The first-order chi connectivity index (χ1) is 8.22. The molecule has 1 aliphatic carbocycles. The third-order valence-electron chi connectivity index (χ3n) is 3.14. The summed E-state index contributed by atoms with van der Waals surface area (Å²) in [6, 6.07) is 0.534. The molecule has 1 aromatic rings. The maximum atomic E-state index is 10.9. The number of carbonyl (C=O) groups is 1. The van der Waals surface area contributed by atoms with Gasteiger partial charge in [0.15, 0.2) is 0 Å². The Labute approximate surface area is 100 Å². The molecule has 0 aliphatic heterocycles. The number of hydrogen-bond donors (Lipinski definition) is 2. The summed E-state index contributed by atoms with van der Waals surface area (Å²) in [5.41, 5.74) is 0.752. The molecule has 2 atom stereocenters. The Morgan fingerprint density at radius 1 is 1.65 bits per heavy atom. The molecule has 17 heavy (non-hydrogen) atoms. The molecule has 1 heterocycles. The van der Waals surface area contributed by atoms with Crippen LogP contribution in [0.3, 0.4) is 0 Å². The summed E-state index contributed by atoms with van der Waals surface area (Å²) < 4.78 is 0. The number of rotatable bonds is 6. The highest BCUT2D eigenvalue weighted by Gasteiger charge is 2.35. The molecule has 0 amide bonds. The van der Waals surface area contributed by atoms with Crippen LogP contribution >= 0.6 is 0 Å². The van der Waals surface area contributed by atoms with Crippen LogP contribution in [0.15, 0.2) is 12.5 Å². The molecule has 0 spiro atoms. The fourth-order valence-electron chi connectivity index (χ4n) is 2.09. The highest BCUT2D eigenvalue weighted by molar-refractivity contribution is 5.88. The SMILES string of the molecule is CCCC1CC1NCc1ncncc1C(=O)O. The Bertz CT molecular complexity index is 408. The highest BCUT2D eigenvalue weighted by atomic mass is 16.4. The average molecular weight is 235 g/mol. The lowest BCUT2D eigenvalue weighted by Crippen LogP contribution is -2.20. The third-order valence-corrected chi connectivity index (χ3v) is 3.14. The highest BCUT2D eigenvalue weighted by Crippen LogP contribution is 2.34. The summed E-state index contributed by atoms with van der Waals surface area (Å²) in [5.74, 6) is -0.210. The van der Waals surface area contributed by atoms with Gasteiger partial charge in [0.25, 0.3) is 0 Å². The summed E-state index contributed by atoms with van der Waals surface area (Å²) in [6.07, 6.45) is 6.38. The number of aromatic carboxylic acids is 1. The van der Waals surface area contributed by atoms with Gasteiger partial charge in [-0.05, 0) is 18.8 Å². The van der Waals surface area contributed by atoms with Crippen LogP contribution in [0.2, 0.25) is 0 Å². The molecule has 2 rings (SSSR count). The summed E-state index contributed by atoms with van der Waals surface area (Å²) in [5, 5.41) is 12.3. The van der Waals surface area contributed by atoms with E-state index in [9.17, 15) is 4.79 Å². The summed E-state index contributed by atoms with van der Waals surface area (Å²) in [4.78, 5) is 18.7. The van der Waals surface area contributed by atoms with Gasteiger partial charge in [0.2, 0.25) is 0 Å². The molecule has 0 radical (unpaired) electrons. The first-order valence-corrected chi connectivity index (χ1v) is 5.98. The first kappa shape index (κ1) is 12.0. The van der Waals surface area contributed by atoms with Crippen molar-refractivity contribution in [2.45, 2.75) is 38.8 Å². The Kier molecular flexibility index (Phi) is 3.68. The van der Waals surface area contributed by atoms with Gasteiger partial charge in [0.1, 0.15) is 11.9 Å². The minimum absolute atomic E-state index is 0.188. The van der Waals surface area contributed by atoms with Crippen LogP contribution < -0.4 is 5.32 Å². The van der Waals surface area contributed by atoms with E-state index in [0.717, 1.165) is 5.92 Å². The number of hydrogen-bond acceptors (Lipinski definition) is 4. The van der Waals surface area contributed by atoms with Gasteiger partial charge >= 0.3 is 5.97 Å². The molecule has 0 aromatic carbocycles. The van der Waals surface area contributed by atoms with Crippen LogP contribution in [0.4, 0.5) is 0 Å². The molecule has 92 valence electrons. The zero-order valence-electron chi connectivity index (χ0n) is 9.89. The number of carboxylic acids is 1. The van der Waals surface area contributed by atoms with E-state index in [1.54, 1.807) is 0 Å². The van der Waals surface area contributed by atoms with E-state index in [1.807, 2.05) is 0 Å². The van der Waals surface area contributed by atoms with Gasteiger partial charge in [-0.3, -0.25) is 0 Å². The van der Waals surface area contributed by atoms with Crippen molar-refractivity contribution in [1.29, 1.82) is 0 Å². The van der Waals surface area contributed by atoms with Gasteiger partial charge in [-0.15, -0.1) is 0 Å². The van der Waals surface area contributed by atoms with E-state index >= 15 is 0 Å². The lowest BCUT2D eigenvalue weighted by Gasteiger charge is -2.05. The van der Waals surface area contributed by atoms with Crippen LogP contribution in [-0.4, -0.2) is 27.1 Å². The minimum Gasteiger partial charge on any atom is -0.478 e. The van der Waals surface area contributed by atoms with Crippen molar-refractivity contribution in [3.05, 3.63) is 23.8 Å². The van der Waals surface area contributed by atoms with Crippen LogP contribution in [0.5, 0.6) is 0 Å². The predicted molar refractivity (Wildman–Crippen MR) is 62.6 cm³/mol. The molecule has 1 aliphatic rings. The Morgan fingerprint density at radius 3 is 3.18 bits per heavy atom. The van der Waals surface area contributed by atoms with Crippen molar-refractivity contribution in [2.75, 3.05) is 0 Å². The van der Waals surface area contributed by atoms with E-state index in [2.05, 4.69) is 22.2 Å².